The number of carbonyl (C=O) groups excluding carboxylic acids is 7. The van der Waals surface area contributed by atoms with Crippen LogP contribution < -0.4 is 10.6 Å². The molecule has 0 bridgehead atoms. The molecule has 1 fully saturated rings. The average Bonchev–Trinajstić information content (AvgIpc) is 3.22. The van der Waals surface area contributed by atoms with E-state index in [1.54, 1.807) is 0 Å². The Morgan fingerprint density at radius 2 is 0.839 bits per heavy atom. The molecule has 2 amide bonds. The zero-order chi connectivity index (χ0) is 42.0. The van der Waals surface area contributed by atoms with Gasteiger partial charge in [-0.2, -0.15) is 0 Å². The van der Waals surface area contributed by atoms with Crippen LogP contribution in [-0.4, -0.2) is 119 Å². The van der Waals surface area contributed by atoms with Crippen molar-refractivity contribution in [3.8, 4) is 0 Å². The molecule has 18 nitrogen and oxygen atoms in total. The summed E-state index contributed by atoms with van der Waals surface area (Å²) in [5.74, 6) is -4.06. The minimum absolute atomic E-state index is 0.000283. The highest BCUT2D eigenvalue weighted by Gasteiger charge is 2.39. The van der Waals surface area contributed by atoms with Gasteiger partial charge in [0, 0.05) is 43.5 Å². The molecule has 0 aromatic heterocycles. The van der Waals surface area contributed by atoms with Crippen molar-refractivity contribution < 1.29 is 76.6 Å². The Bertz CT molecular complexity index is 1340. The fourth-order valence-corrected chi connectivity index (χ4v) is 5.01. The normalized spacial score (nSPS) is 15.5. The number of ether oxygens (including phenoxy) is 8. The molecule has 0 aromatic rings. The standard InChI is InChI=1S/C38H52N2O16/c1-7-29(41)49-19-37(20-50-30(42)8-2,21-51-31(43)9-3)25-55-35(47)39-17-27-14-13-15-28(16-27)18-40-36(48)56-26-38(22-52-32(44)10-4,23-53-33(45)11-5)24-54-34(46)12-6/h7-12,27-29,41H,1-6,13-26H2,(H,39,47)(H,40,48). The average molecular weight is 793 g/mol. The molecule has 0 saturated heterocycles. The van der Waals surface area contributed by atoms with Gasteiger partial charge in [-0.15, -0.1) is 0 Å². The number of amides is 2. The molecule has 1 saturated carbocycles. The highest BCUT2D eigenvalue weighted by molar-refractivity contribution is 5.83. The Balaban J connectivity index is 2.85. The summed E-state index contributed by atoms with van der Waals surface area (Å²) in [4.78, 5) is 84.7. The quantitative estimate of drug-likeness (QED) is 0.0356. The molecule has 3 atom stereocenters. The third kappa shape index (κ3) is 19.5. The highest BCUT2D eigenvalue weighted by Crippen LogP contribution is 2.29. The summed E-state index contributed by atoms with van der Waals surface area (Å²) in [6.07, 6.45) is 5.48. The summed E-state index contributed by atoms with van der Waals surface area (Å²) in [6.45, 7) is 16.9. The molecule has 1 rings (SSSR count). The van der Waals surface area contributed by atoms with Gasteiger partial charge in [0.05, 0.1) is 12.0 Å². The van der Waals surface area contributed by atoms with Gasteiger partial charge in [-0.1, -0.05) is 45.9 Å². The number of rotatable bonds is 27. The van der Waals surface area contributed by atoms with E-state index in [9.17, 15) is 38.7 Å². The van der Waals surface area contributed by atoms with Crippen LogP contribution in [0.5, 0.6) is 0 Å². The fourth-order valence-electron chi connectivity index (χ4n) is 5.01. The van der Waals surface area contributed by atoms with E-state index in [2.05, 4.69) is 50.1 Å². The summed E-state index contributed by atoms with van der Waals surface area (Å²) in [5.41, 5.74) is -2.92. The Labute approximate surface area is 325 Å². The molecule has 0 radical (unpaired) electrons. The van der Waals surface area contributed by atoms with Gasteiger partial charge in [0.1, 0.15) is 51.7 Å². The molecular weight excluding hydrogens is 740 g/mol. The molecule has 56 heavy (non-hydrogen) atoms. The predicted molar refractivity (Wildman–Crippen MR) is 197 cm³/mol. The Hall–Kier alpha value is -5.75. The van der Waals surface area contributed by atoms with Crippen LogP contribution in [0, 0.1) is 22.7 Å². The third-order valence-electron chi connectivity index (χ3n) is 8.18. The number of nitrogens with one attached hydrogen (secondary N) is 2. The van der Waals surface area contributed by atoms with Crippen molar-refractivity contribution in [2.75, 3.05) is 65.9 Å². The van der Waals surface area contributed by atoms with E-state index in [0.29, 0.717) is 6.42 Å². The van der Waals surface area contributed by atoms with Crippen LogP contribution in [0.25, 0.3) is 0 Å². The monoisotopic (exact) mass is 792 g/mol. The number of carbonyl (C=O) groups is 7. The molecule has 0 heterocycles. The number of alkyl carbamates (subject to hydrolysis) is 2. The molecule has 3 unspecified atom stereocenters. The van der Waals surface area contributed by atoms with Crippen molar-refractivity contribution in [1.29, 1.82) is 0 Å². The second-order valence-electron chi connectivity index (χ2n) is 12.8. The summed E-state index contributed by atoms with van der Waals surface area (Å²) in [7, 11) is 0. The van der Waals surface area contributed by atoms with Crippen molar-refractivity contribution in [3.63, 3.8) is 0 Å². The summed E-state index contributed by atoms with van der Waals surface area (Å²) < 4.78 is 41.8. The van der Waals surface area contributed by atoms with E-state index in [1.807, 2.05) is 0 Å². The van der Waals surface area contributed by atoms with Crippen LogP contribution in [0.3, 0.4) is 0 Å². The number of esters is 5. The first-order chi connectivity index (χ1) is 26.7. The van der Waals surface area contributed by atoms with E-state index in [4.69, 9.17) is 37.9 Å². The fraction of sp³-hybridized carbons (Fsp3) is 0.500. The third-order valence-corrected chi connectivity index (χ3v) is 8.18. The summed E-state index contributed by atoms with van der Waals surface area (Å²) in [6, 6.07) is 0. The van der Waals surface area contributed by atoms with Crippen LogP contribution in [0.15, 0.2) is 75.9 Å². The minimum atomic E-state index is -1.49. The maximum atomic E-state index is 12.8. The zero-order valence-electron chi connectivity index (χ0n) is 31.4. The first-order valence-electron chi connectivity index (χ1n) is 17.4. The Kier molecular flexibility index (Phi) is 22.5. The zero-order valence-corrected chi connectivity index (χ0v) is 31.4. The Morgan fingerprint density at radius 3 is 1.14 bits per heavy atom. The largest absolute Gasteiger partial charge is 0.462 e. The smallest absolute Gasteiger partial charge is 0.407 e. The molecular formula is C38H52N2O16. The summed E-state index contributed by atoms with van der Waals surface area (Å²) in [5, 5.41) is 15.2. The first-order valence-corrected chi connectivity index (χ1v) is 17.4. The Morgan fingerprint density at radius 1 is 0.536 bits per heavy atom. The first kappa shape index (κ1) is 48.3. The number of aliphatic hydroxyl groups is 1. The van der Waals surface area contributed by atoms with Gasteiger partial charge in [-0.25, -0.2) is 33.6 Å². The molecule has 3 N–H and O–H groups in total. The lowest BCUT2D eigenvalue weighted by Gasteiger charge is -2.32. The van der Waals surface area contributed by atoms with Crippen molar-refractivity contribution in [3.05, 3.63) is 75.9 Å². The topological polar surface area (TPSA) is 238 Å². The van der Waals surface area contributed by atoms with Gasteiger partial charge < -0.3 is 53.6 Å². The number of hydrogen-bond donors (Lipinski definition) is 3. The molecule has 0 aliphatic heterocycles. The van der Waals surface area contributed by atoms with Crippen molar-refractivity contribution in [2.24, 2.45) is 22.7 Å². The molecule has 1 aliphatic rings. The molecule has 18 heteroatoms. The van der Waals surface area contributed by atoms with Crippen LogP contribution >= 0.6 is 0 Å². The second-order valence-corrected chi connectivity index (χ2v) is 12.8. The van der Waals surface area contributed by atoms with Crippen LogP contribution in [0.2, 0.25) is 0 Å². The van der Waals surface area contributed by atoms with E-state index >= 15 is 0 Å². The van der Waals surface area contributed by atoms with Crippen molar-refractivity contribution in [1.82, 2.24) is 10.6 Å². The molecule has 310 valence electrons. The van der Waals surface area contributed by atoms with Gasteiger partial charge >= 0.3 is 42.0 Å². The van der Waals surface area contributed by atoms with Crippen LogP contribution in [0.4, 0.5) is 9.59 Å². The highest BCUT2D eigenvalue weighted by atomic mass is 16.6. The van der Waals surface area contributed by atoms with Crippen molar-refractivity contribution >= 4 is 42.0 Å². The SMILES string of the molecule is C=CC(=O)OCC(COC(=O)C=C)(COC(=O)C=C)COC(=O)NCC1CCCC(CNC(=O)OCC(COC(=O)C=C)(COC(=O)C=C)COC(O)C=C)C1. The van der Waals surface area contributed by atoms with E-state index in [1.165, 1.54) is 0 Å². The summed E-state index contributed by atoms with van der Waals surface area (Å²) >= 11 is 0. The van der Waals surface area contributed by atoms with Gasteiger partial charge in [0.2, 0.25) is 0 Å². The maximum absolute atomic E-state index is 12.8. The lowest BCUT2D eigenvalue weighted by Crippen LogP contribution is -2.45. The maximum Gasteiger partial charge on any atom is 0.407 e. The van der Waals surface area contributed by atoms with Crippen molar-refractivity contribution in [2.45, 2.75) is 32.0 Å². The molecule has 0 spiro atoms. The van der Waals surface area contributed by atoms with Gasteiger partial charge in [-0.3, -0.25) is 0 Å². The van der Waals surface area contributed by atoms with Crippen LogP contribution in [-0.2, 0) is 61.9 Å². The predicted octanol–water partition coefficient (Wildman–Crippen LogP) is 2.39. The van der Waals surface area contributed by atoms with E-state index < -0.39 is 105 Å². The van der Waals surface area contributed by atoms with E-state index in [0.717, 1.165) is 55.7 Å². The number of aliphatic hydroxyl groups excluding tert-OH is 1. The van der Waals surface area contributed by atoms with Gasteiger partial charge in [-0.05, 0) is 37.2 Å². The minimum Gasteiger partial charge on any atom is -0.462 e. The van der Waals surface area contributed by atoms with E-state index in [-0.39, 0.29) is 31.5 Å². The molecule has 0 aromatic carbocycles. The lowest BCUT2D eigenvalue weighted by atomic mass is 9.81. The lowest BCUT2D eigenvalue weighted by molar-refractivity contribution is -0.164. The number of hydrogen-bond acceptors (Lipinski definition) is 16. The van der Waals surface area contributed by atoms with Crippen LogP contribution in [0.1, 0.15) is 25.7 Å². The van der Waals surface area contributed by atoms with Gasteiger partial charge in [0.15, 0.2) is 6.29 Å². The molecule has 1 aliphatic carbocycles. The van der Waals surface area contributed by atoms with Gasteiger partial charge in [0.25, 0.3) is 0 Å². The second kappa shape index (κ2) is 26.1.